The van der Waals surface area contributed by atoms with Gasteiger partial charge in [0.15, 0.2) is 0 Å². The summed E-state index contributed by atoms with van der Waals surface area (Å²) in [5.74, 6) is -0.317. The van der Waals surface area contributed by atoms with E-state index < -0.39 is 33.1 Å². The smallest absolute Gasteiger partial charge is 0.328 e. The van der Waals surface area contributed by atoms with Crippen LogP contribution in [-0.4, -0.2) is 29.8 Å². The lowest BCUT2D eigenvalue weighted by Gasteiger charge is -2.17. The van der Waals surface area contributed by atoms with Crippen LogP contribution in [0.3, 0.4) is 0 Å². The number of nitrogens with one attached hydrogen (secondary N) is 2. The molecule has 0 aliphatic heterocycles. The van der Waals surface area contributed by atoms with Gasteiger partial charge in [-0.3, -0.25) is 14.3 Å². The zero-order valence-electron chi connectivity index (χ0n) is 18.2. The third-order valence-electron chi connectivity index (χ3n) is 5.60. The lowest BCUT2D eigenvalue weighted by molar-refractivity contribution is 0.210. The predicted molar refractivity (Wildman–Crippen MR) is 120 cm³/mol. The number of sulfonamides is 1. The lowest BCUT2D eigenvalue weighted by Crippen LogP contribution is -2.31. The van der Waals surface area contributed by atoms with Crippen molar-refractivity contribution in [1.29, 1.82) is 0 Å². The van der Waals surface area contributed by atoms with Gasteiger partial charge in [0, 0.05) is 12.6 Å². The van der Waals surface area contributed by atoms with E-state index in [1.165, 1.54) is 12.8 Å². The Morgan fingerprint density at radius 3 is 2.72 bits per heavy atom. The molecular weight excluding hydrogens is 437 g/mol. The standard InChI is InChI=1S/C22H30FN3O5S/c1-16(17-8-7-11-19(14-17)31-18-9-3-4-10-18)25-32(29,30)13-6-2-5-12-26-15-20(23)21(27)24-22(26)28/h7-8,11,14-16,18,25H,2-6,9-10,12-13H2,1H3,(H,24,27,28)/t16-/m1/s1. The number of unbranched alkanes of at least 4 members (excludes halogenated alkanes) is 2. The number of hydrogen-bond donors (Lipinski definition) is 2. The average Bonchev–Trinajstić information content (AvgIpc) is 3.24. The zero-order chi connectivity index (χ0) is 23.1. The van der Waals surface area contributed by atoms with E-state index in [1.807, 2.05) is 29.2 Å². The number of benzene rings is 1. The summed E-state index contributed by atoms with van der Waals surface area (Å²) in [7, 11) is -3.50. The van der Waals surface area contributed by atoms with Gasteiger partial charge in [0.2, 0.25) is 15.8 Å². The number of aromatic amines is 1. The Labute approximate surface area is 186 Å². The minimum absolute atomic E-state index is 0.0511. The number of nitrogens with zero attached hydrogens (tertiary/aromatic N) is 1. The van der Waals surface area contributed by atoms with Crippen molar-refractivity contribution >= 4 is 10.0 Å². The molecule has 8 nitrogen and oxygen atoms in total. The van der Waals surface area contributed by atoms with Gasteiger partial charge in [0.1, 0.15) is 5.75 Å². The van der Waals surface area contributed by atoms with Gasteiger partial charge >= 0.3 is 5.69 Å². The first-order chi connectivity index (χ1) is 15.2. The summed E-state index contributed by atoms with van der Waals surface area (Å²) in [5.41, 5.74) is -0.893. The van der Waals surface area contributed by atoms with E-state index in [2.05, 4.69) is 4.72 Å². The summed E-state index contributed by atoms with van der Waals surface area (Å²) in [6, 6.07) is 7.12. The highest BCUT2D eigenvalue weighted by Crippen LogP contribution is 2.26. The van der Waals surface area contributed by atoms with Crippen LogP contribution in [0.4, 0.5) is 4.39 Å². The molecule has 10 heteroatoms. The van der Waals surface area contributed by atoms with Crippen molar-refractivity contribution in [3.8, 4) is 5.75 Å². The van der Waals surface area contributed by atoms with Crippen LogP contribution in [-0.2, 0) is 16.6 Å². The van der Waals surface area contributed by atoms with E-state index in [4.69, 9.17) is 4.74 Å². The normalized spacial score (nSPS) is 15.7. The molecule has 0 radical (unpaired) electrons. The maximum atomic E-state index is 13.3. The molecule has 3 rings (SSSR count). The third-order valence-corrected chi connectivity index (χ3v) is 7.14. The van der Waals surface area contributed by atoms with Gasteiger partial charge in [-0.05, 0) is 63.1 Å². The molecule has 1 saturated carbocycles. The van der Waals surface area contributed by atoms with E-state index >= 15 is 0 Å². The molecule has 0 spiro atoms. The van der Waals surface area contributed by atoms with Crippen LogP contribution in [0.5, 0.6) is 5.75 Å². The van der Waals surface area contributed by atoms with Crippen molar-refractivity contribution in [2.75, 3.05) is 5.75 Å². The lowest BCUT2D eigenvalue weighted by atomic mass is 10.1. The van der Waals surface area contributed by atoms with Gasteiger partial charge in [-0.15, -0.1) is 0 Å². The van der Waals surface area contributed by atoms with Gasteiger partial charge < -0.3 is 4.74 Å². The molecule has 1 aliphatic rings. The molecule has 1 heterocycles. The van der Waals surface area contributed by atoms with Crippen molar-refractivity contribution in [3.05, 3.63) is 62.7 Å². The van der Waals surface area contributed by atoms with Crippen LogP contribution >= 0.6 is 0 Å². The number of hydrogen-bond acceptors (Lipinski definition) is 5. The van der Waals surface area contributed by atoms with E-state index in [9.17, 15) is 22.4 Å². The predicted octanol–water partition coefficient (Wildman–Crippen LogP) is 2.85. The second kappa shape index (κ2) is 10.9. The third kappa shape index (κ3) is 7.03. The molecule has 32 heavy (non-hydrogen) atoms. The molecule has 0 unspecified atom stereocenters. The van der Waals surface area contributed by atoms with Gasteiger partial charge in [-0.1, -0.05) is 18.6 Å². The highest BCUT2D eigenvalue weighted by atomic mass is 32.2. The van der Waals surface area contributed by atoms with Crippen LogP contribution < -0.4 is 20.7 Å². The molecule has 2 N–H and O–H groups in total. The molecule has 1 atom stereocenters. The van der Waals surface area contributed by atoms with Crippen molar-refractivity contribution in [2.24, 2.45) is 0 Å². The van der Waals surface area contributed by atoms with Crippen molar-refractivity contribution < 1.29 is 17.5 Å². The molecule has 1 aromatic carbocycles. The van der Waals surface area contributed by atoms with E-state index in [1.54, 1.807) is 6.92 Å². The molecule has 2 aromatic rings. The summed E-state index contributed by atoms with van der Waals surface area (Å²) >= 11 is 0. The second-order valence-electron chi connectivity index (χ2n) is 8.25. The molecule has 1 aliphatic carbocycles. The first-order valence-electron chi connectivity index (χ1n) is 11.0. The molecule has 0 saturated heterocycles. The highest BCUT2D eigenvalue weighted by Gasteiger charge is 2.19. The number of ether oxygens (including phenoxy) is 1. The van der Waals surface area contributed by atoms with E-state index in [0.29, 0.717) is 19.3 Å². The van der Waals surface area contributed by atoms with Crippen molar-refractivity contribution in [1.82, 2.24) is 14.3 Å². The Bertz CT molecular complexity index is 1120. The summed E-state index contributed by atoms with van der Waals surface area (Å²) in [6.07, 6.45) is 6.98. The minimum Gasteiger partial charge on any atom is -0.490 e. The van der Waals surface area contributed by atoms with E-state index in [-0.39, 0.29) is 18.4 Å². The van der Waals surface area contributed by atoms with Gasteiger partial charge in [-0.25, -0.2) is 17.9 Å². The van der Waals surface area contributed by atoms with Crippen molar-refractivity contribution in [2.45, 2.75) is 70.6 Å². The van der Waals surface area contributed by atoms with Crippen LogP contribution in [0.2, 0.25) is 0 Å². The monoisotopic (exact) mass is 467 g/mol. The Morgan fingerprint density at radius 2 is 1.97 bits per heavy atom. The van der Waals surface area contributed by atoms with Crippen LogP contribution in [0.15, 0.2) is 40.1 Å². The fraction of sp³-hybridized carbons (Fsp3) is 0.545. The Kier molecular flexibility index (Phi) is 8.25. The molecule has 1 aromatic heterocycles. The molecule has 0 amide bonds. The Balaban J connectivity index is 1.45. The SMILES string of the molecule is C[C@@H](NS(=O)(=O)CCCCCn1cc(F)c(=O)[nH]c1=O)c1cccc(OC2CCCC2)c1. The first-order valence-corrected chi connectivity index (χ1v) is 12.6. The minimum atomic E-state index is -3.50. The van der Waals surface area contributed by atoms with E-state index in [0.717, 1.165) is 34.9 Å². The van der Waals surface area contributed by atoms with Crippen molar-refractivity contribution in [3.63, 3.8) is 0 Å². The van der Waals surface area contributed by atoms with Gasteiger partial charge in [0.05, 0.1) is 18.1 Å². The van der Waals surface area contributed by atoms with Crippen LogP contribution in [0, 0.1) is 5.82 Å². The summed E-state index contributed by atoms with van der Waals surface area (Å²) < 4.78 is 48.0. The maximum Gasteiger partial charge on any atom is 0.328 e. The number of aryl methyl sites for hydroxylation is 1. The average molecular weight is 468 g/mol. The second-order valence-corrected chi connectivity index (χ2v) is 10.1. The zero-order valence-corrected chi connectivity index (χ0v) is 19.0. The highest BCUT2D eigenvalue weighted by molar-refractivity contribution is 7.89. The molecular formula is C22H30FN3O5S. The molecule has 1 fully saturated rings. The van der Waals surface area contributed by atoms with Crippen LogP contribution in [0.1, 0.15) is 63.5 Å². The summed E-state index contributed by atoms with van der Waals surface area (Å²) in [4.78, 5) is 24.6. The fourth-order valence-corrected chi connectivity index (χ4v) is 5.23. The quantitative estimate of drug-likeness (QED) is 0.494. The fourth-order valence-electron chi connectivity index (χ4n) is 3.85. The summed E-state index contributed by atoms with van der Waals surface area (Å²) in [5, 5.41) is 0. The number of aromatic nitrogens is 2. The maximum absolute atomic E-state index is 13.3. The Hall–Kier alpha value is -2.46. The summed E-state index contributed by atoms with van der Waals surface area (Å²) in [6.45, 7) is 1.99. The number of rotatable bonds is 11. The van der Waals surface area contributed by atoms with Gasteiger partial charge in [0.25, 0.3) is 5.56 Å². The van der Waals surface area contributed by atoms with Crippen LogP contribution in [0.25, 0.3) is 0 Å². The largest absolute Gasteiger partial charge is 0.490 e. The molecule has 176 valence electrons. The Morgan fingerprint density at radius 1 is 1.22 bits per heavy atom. The van der Waals surface area contributed by atoms with Gasteiger partial charge in [-0.2, -0.15) is 4.39 Å². The topological polar surface area (TPSA) is 110 Å². The first kappa shape index (κ1) is 24.2. The number of H-pyrrole nitrogens is 1. The molecule has 0 bridgehead atoms. The number of halogens is 1.